The van der Waals surface area contributed by atoms with E-state index in [-0.39, 0.29) is 24.6 Å². The topological polar surface area (TPSA) is 66.8 Å². The first kappa shape index (κ1) is 21.5. The fourth-order valence-corrected chi connectivity index (χ4v) is 4.23. The Balaban J connectivity index is 1.57. The number of carbonyl (C=O) groups excluding carboxylic acids is 1. The molecule has 164 valence electrons. The molecule has 0 fully saturated rings. The zero-order valence-electron chi connectivity index (χ0n) is 17.3. The number of hydrogen-bond acceptors (Lipinski definition) is 3. The van der Waals surface area contributed by atoms with Crippen LogP contribution in [0.4, 0.5) is 13.6 Å². The minimum absolute atomic E-state index is 0.00658. The number of rotatable bonds is 6. The summed E-state index contributed by atoms with van der Waals surface area (Å²) in [4.78, 5) is 25.8. The first-order valence-corrected chi connectivity index (χ1v) is 10.2. The third-order valence-electron chi connectivity index (χ3n) is 5.72. The van der Waals surface area contributed by atoms with E-state index in [0.717, 1.165) is 45.4 Å². The largest absolute Gasteiger partial charge is 0.479 e. The number of fused-ring (bicyclic) bond motifs is 3. The van der Waals surface area contributed by atoms with Gasteiger partial charge in [-0.25, -0.2) is 18.4 Å². The van der Waals surface area contributed by atoms with E-state index in [0.29, 0.717) is 0 Å². The van der Waals surface area contributed by atoms with E-state index >= 15 is 0 Å². The van der Waals surface area contributed by atoms with Gasteiger partial charge in [-0.3, -0.25) is 4.90 Å². The van der Waals surface area contributed by atoms with Gasteiger partial charge in [-0.1, -0.05) is 54.6 Å². The second kappa shape index (κ2) is 8.78. The number of benzene rings is 3. The van der Waals surface area contributed by atoms with E-state index < -0.39 is 29.7 Å². The summed E-state index contributed by atoms with van der Waals surface area (Å²) in [6.45, 7) is 1.62. The molecule has 0 heterocycles. The molecule has 0 bridgehead atoms. The maximum Gasteiger partial charge on any atom is 0.410 e. The predicted molar refractivity (Wildman–Crippen MR) is 114 cm³/mol. The number of carboxylic acids is 1. The quantitative estimate of drug-likeness (QED) is 0.564. The van der Waals surface area contributed by atoms with E-state index in [4.69, 9.17) is 4.74 Å². The first-order chi connectivity index (χ1) is 15.4. The molecule has 1 N–H and O–H groups in total. The Kier molecular flexibility index (Phi) is 5.90. The molecular weight excluding hydrogens is 416 g/mol. The van der Waals surface area contributed by atoms with Gasteiger partial charge in [0.25, 0.3) is 0 Å². The van der Waals surface area contributed by atoms with Crippen LogP contribution in [0.1, 0.15) is 35.6 Å². The molecule has 1 atom stereocenters. The molecule has 0 aromatic heterocycles. The van der Waals surface area contributed by atoms with Crippen LogP contribution in [0.25, 0.3) is 11.1 Å². The van der Waals surface area contributed by atoms with Crippen LogP contribution in [0.15, 0.2) is 66.7 Å². The Hall–Kier alpha value is -3.74. The van der Waals surface area contributed by atoms with E-state index in [1.165, 1.54) is 0 Å². The predicted octanol–water partition coefficient (Wildman–Crippen LogP) is 5.36. The van der Waals surface area contributed by atoms with Crippen LogP contribution in [0.3, 0.4) is 0 Å². The van der Waals surface area contributed by atoms with Gasteiger partial charge in [-0.15, -0.1) is 0 Å². The number of carbonyl (C=O) groups is 2. The number of halogens is 2. The van der Waals surface area contributed by atoms with Crippen LogP contribution in [-0.2, 0) is 9.53 Å². The van der Waals surface area contributed by atoms with Crippen LogP contribution in [0.5, 0.6) is 0 Å². The summed E-state index contributed by atoms with van der Waals surface area (Å²) in [5.41, 5.74) is 4.15. The zero-order chi connectivity index (χ0) is 22.8. The average Bonchev–Trinajstić information content (AvgIpc) is 3.11. The Morgan fingerprint density at radius 2 is 1.56 bits per heavy atom. The smallest absolute Gasteiger partial charge is 0.410 e. The van der Waals surface area contributed by atoms with Gasteiger partial charge in [0.2, 0.25) is 0 Å². The van der Waals surface area contributed by atoms with Crippen molar-refractivity contribution in [3.63, 3.8) is 0 Å². The molecule has 0 saturated carbocycles. The van der Waals surface area contributed by atoms with E-state index in [2.05, 4.69) is 0 Å². The summed E-state index contributed by atoms with van der Waals surface area (Å²) in [6, 6.07) is 17.0. The molecular formula is C25H21F2NO4. The lowest BCUT2D eigenvalue weighted by Gasteiger charge is -2.28. The monoisotopic (exact) mass is 437 g/mol. The Morgan fingerprint density at radius 3 is 2.09 bits per heavy atom. The van der Waals surface area contributed by atoms with Crippen molar-refractivity contribution in [1.82, 2.24) is 4.90 Å². The summed E-state index contributed by atoms with van der Waals surface area (Å²) >= 11 is 0. The fraction of sp³-hybridized carbons (Fsp3) is 0.200. The molecule has 0 aliphatic heterocycles. The standard InChI is InChI=1S/C25H21F2NO4/c1-2-28(23(24(29)30)15-11-12-21(26)22(27)13-15)25(31)32-14-20-18-9-5-3-7-16(18)17-8-4-6-10-19(17)20/h3-13,20,23H,2,14H2,1H3,(H,29,30). The van der Waals surface area contributed by atoms with E-state index in [9.17, 15) is 23.5 Å². The highest BCUT2D eigenvalue weighted by atomic mass is 19.2. The highest BCUT2D eigenvalue weighted by molar-refractivity contribution is 5.82. The number of amides is 1. The maximum atomic E-state index is 13.7. The number of hydrogen-bond donors (Lipinski definition) is 1. The van der Waals surface area contributed by atoms with Crippen LogP contribution in [0.2, 0.25) is 0 Å². The molecule has 1 aliphatic carbocycles. The Labute approximate surface area is 183 Å². The van der Waals surface area contributed by atoms with Gasteiger partial charge in [0, 0.05) is 12.5 Å². The van der Waals surface area contributed by atoms with Gasteiger partial charge in [0.1, 0.15) is 6.61 Å². The first-order valence-electron chi connectivity index (χ1n) is 10.2. The molecule has 1 aliphatic rings. The number of nitrogens with zero attached hydrogens (tertiary/aromatic N) is 1. The van der Waals surface area contributed by atoms with Gasteiger partial charge in [0.05, 0.1) is 0 Å². The van der Waals surface area contributed by atoms with Gasteiger partial charge in [0.15, 0.2) is 17.7 Å². The van der Waals surface area contributed by atoms with Crippen molar-refractivity contribution in [2.24, 2.45) is 0 Å². The molecule has 7 heteroatoms. The fourth-order valence-electron chi connectivity index (χ4n) is 4.23. The molecule has 3 aromatic rings. The third-order valence-corrected chi connectivity index (χ3v) is 5.72. The van der Waals surface area contributed by atoms with Crippen molar-refractivity contribution in [2.75, 3.05) is 13.2 Å². The van der Waals surface area contributed by atoms with Crippen LogP contribution in [0, 0.1) is 11.6 Å². The van der Waals surface area contributed by atoms with Crippen molar-refractivity contribution in [3.05, 3.63) is 95.1 Å². The molecule has 1 amide bonds. The normalized spacial score (nSPS) is 13.2. The van der Waals surface area contributed by atoms with Crippen LogP contribution < -0.4 is 0 Å². The summed E-state index contributed by atoms with van der Waals surface area (Å²) < 4.78 is 32.6. The Morgan fingerprint density at radius 1 is 0.969 bits per heavy atom. The lowest BCUT2D eigenvalue weighted by molar-refractivity contribution is -0.143. The second-order valence-electron chi connectivity index (χ2n) is 7.50. The number of aliphatic carboxylic acids is 1. The molecule has 1 unspecified atom stereocenters. The number of carboxylic acid groups (broad SMARTS) is 1. The van der Waals surface area contributed by atoms with E-state index in [1.807, 2.05) is 48.5 Å². The van der Waals surface area contributed by atoms with Crippen molar-refractivity contribution >= 4 is 12.1 Å². The van der Waals surface area contributed by atoms with Gasteiger partial charge in [-0.2, -0.15) is 0 Å². The van der Waals surface area contributed by atoms with Gasteiger partial charge >= 0.3 is 12.1 Å². The molecule has 3 aromatic carbocycles. The summed E-state index contributed by atoms with van der Waals surface area (Å²) in [5, 5.41) is 9.71. The van der Waals surface area contributed by atoms with Gasteiger partial charge in [-0.05, 0) is 46.9 Å². The SMILES string of the molecule is CCN(C(=O)OCC1c2ccccc2-c2ccccc21)C(C(=O)O)c1ccc(F)c(F)c1. The van der Waals surface area contributed by atoms with Crippen molar-refractivity contribution in [2.45, 2.75) is 18.9 Å². The third kappa shape index (κ3) is 3.82. The average molecular weight is 437 g/mol. The lowest BCUT2D eigenvalue weighted by Crippen LogP contribution is -2.39. The number of likely N-dealkylation sites (N-methyl/N-ethyl adjacent to an activating group) is 1. The molecule has 0 saturated heterocycles. The molecule has 32 heavy (non-hydrogen) atoms. The van der Waals surface area contributed by atoms with E-state index in [1.54, 1.807) is 6.92 Å². The molecule has 5 nitrogen and oxygen atoms in total. The van der Waals surface area contributed by atoms with Crippen molar-refractivity contribution in [3.8, 4) is 11.1 Å². The van der Waals surface area contributed by atoms with Gasteiger partial charge < -0.3 is 9.84 Å². The lowest BCUT2D eigenvalue weighted by atomic mass is 9.98. The zero-order valence-corrected chi connectivity index (χ0v) is 17.3. The second-order valence-corrected chi connectivity index (χ2v) is 7.50. The molecule has 0 radical (unpaired) electrons. The van der Waals surface area contributed by atoms with Crippen molar-refractivity contribution < 1.29 is 28.2 Å². The summed E-state index contributed by atoms with van der Waals surface area (Å²) in [5.74, 6) is -3.83. The molecule has 4 rings (SSSR count). The number of ether oxygens (including phenoxy) is 1. The Bertz CT molecular complexity index is 1130. The van der Waals surface area contributed by atoms with Crippen LogP contribution >= 0.6 is 0 Å². The summed E-state index contributed by atoms with van der Waals surface area (Å²) in [6.07, 6.45) is -0.841. The maximum absolute atomic E-state index is 13.7. The molecule has 0 spiro atoms. The summed E-state index contributed by atoms with van der Waals surface area (Å²) in [7, 11) is 0. The van der Waals surface area contributed by atoms with Crippen LogP contribution in [-0.4, -0.2) is 35.2 Å². The minimum atomic E-state index is -1.51. The highest BCUT2D eigenvalue weighted by Crippen LogP contribution is 2.44. The van der Waals surface area contributed by atoms with Crippen molar-refractivity contribution in [1.29, 1.82) is 0 Å². The minimum Gasteiger partial charge on any atom is -0.479 e. The highest BCUT2D eigenvalue weighted by Gasteiger charge is 2.34.